The molecule has 1 aromatic heterocycles. The summed E-state index contributed by atoms with van der Waals surface area (Å²) in [6, 6.07) is 6.16. The van der Waals surface area contributed by atoms with Crippen LogP contribution in [-0.4, -0.2) is 4.98 Å². The van der Waals surface area contributed by atoms with E-state index >= 15 is 0 Å². The van der Waals surface area contributed by atoms with Gasteiger partial charge in [-0.3, -0.25) is 0 Å². The zero-order valence-corrected chi connectivity index (χ0v) is 13.8. The molecule has 102 valence electrons. The standard InChI is InChI=1S/C15H18BrNOS/c1-4-15-17-12(9-19-15)8-18-14-6-5-11(16)7-13(14)10(2)3/h5-7,9-10H,4,8H2,1-3H3. The Balaban J connectivity index is 2.10. The number of benzene rings is 1. The van der Waals surface area contributed by atoms with Gasteiger partial charge in [-0.25, -0.2) is 4.98 Å². The van der Waals surface area contributed by atoms with E-state index in [9.17, 15) is 0 Å². The zero-order valence-electron chi connectivity index (χ0n) is 11.4. The van der Waals surface area contributed by atoms with Crippen molar-refractivity contribution in [3.05, 3.63) is 44.3 Å². The summed E-state index contributed by atoms with van der Waals surface area (Å²) in [4.78, 5) is 4.52. The molecule has 0 radical (unpaired) electrons. The van der Waals surface area contributed by atoms with Crippen molar-refractivity contribution in [1.82, 2.24) is 4.98 Å². The quantitative estimate of drug-likeness (QED) is 0.749. The lowest BCUT2D eigenvalue weighted by Crippen LogP contribution is -2.00. The van der Waals surface area contributed by atoms with Gasteiger partial charge < -0.3 is 4.74 Å². The molecule has 0 atom stereocenters. The van der Waals surface area contributed by atoms with Crippen molar-refractivity contribution in [3.63, 3.8) is 0 Å². The van der Waals surface area contributed by atoms with E-state index in [1.54, 1.807) is 11.3 Å². The molecular formula is C15H18BrNOS. The molecule has 19 heavy (non-hydrogen) atoms. The van der Waals surface area contributed by atoms with Crippen LogP contribution in [0.25, 0.3) is 0 Å². The number of hydrogen-bond donors (Lipinski definition) is 0. The van der Waals surface area contributed by atoms with E-state index in [0.717, 1.165) is 22.3 Å². The molecule has 0 unspecified atom stereocenters. The minimum Gasteiger partial charge on any atom is -0.487 e. The molecule has 0 bridgehead atoms. The number of aromatic nitrogens is 1. The second kappa shape index (κ2) is 6.53. The molecule has 1 aromatic carbocycles. The lowest BCUT2D eigenvalue weighted by Gasteiger charge is -2.13. The SMILES string of the molecule is CCc1nc(COc2ccc(Br)cc2C(C)C)cs1. The first-order valence-electron chi connectivity index (χ1n) is 6.45. The molecule has 0 aliphatic heterocycles. The van der Waals surface area contributed by atoms with Crippen LogP contribution in [0.5, 0.6) is 5.75 Å². The van der Waals surface area contributed by atoms with Crippen LogP contribution in [0, 0.1) is 0 Å². The van der Waals surface area contributed by atoms with E-state index in [4.69, 9.17) is 4.74 Å². The van der Waals surface area contributed by atoms with E-state index in [2.05, 4.69) is 53.1 Å². The molecule has 0 amide bonds. The van der Waals surface area contributed by atoms with Gasteiger partial charge in [0.15, 0.2) is 0 Å². The molecule has 0 spiro atoms. The van der Waals surface area contributed by atoms with Crippen molar-refractivity contribution in [2.45, 2.75) is 39.7 Å². The van der Waals surface area contributed by atoms with Gasteiger partial charge in [-0.15, -0.1) is 11.3 Å². The maximum atomic E-state index is 5.92. The van der Waals surface area contributed by atoms with E-state index in [0.29, 0.717) is 12.5 Å². The van der Waals surface area contributed by atoms with Crippen molar-refractivity contribution in [3.8, 4) is 5.75 Å². The number of ether oxygens (including phenoxy) is 1. The Labute approximate surface area is 127 Å². The molecule has 0 saturated heterocycles. The highest BCUT2D eigenvalue weighted by Crippen LogP contribution is 2.30. The Bertz CT molecular complexity index is 551. The van der Waals surface area contributed by atoms with Gasteiger partial charge in [-0.05, 0) is 36.1 Å². The van der Waals surface area contributed by atoms with Gasteiger partial charge in [-0.2, -0.15) is 0 Å². The molecule has 0 aliphatic rings. The van der Waals surface area contributed by atoms with Crippen molar-refractivity contribution in [2.75, 3.05) is 0 Å². The van der Waals surface area contributed by atoms with E-state index in [1.165, 1.54) is 10.6 Å². The average Bonchev–Trinajstić information content (AvgIpc) is 2.85. The average molecular weight is 340 g/mol. The smallest absolute Gasteiger partial charge is 0.131 e. The van der Waals surface area contributed by atoms with Crippen LogP contribution in [0.1, 0.15) is 43.0 Å². The fraction of sp³-hybridized carbons (Fsp3) is 0.400. The predicted molar refractivity (Wildman–Crippen MR) is 84.1 cm³/mol. The molecule has 2 rings (SSSR count). The summed E-state index contributed by atoms with van der Waals surface area (Å²) in [5.74, 6) is 1.39. The summed E-state index contributed by atoms with van der Waals surface area (Å²) in [5, 5.41) is 3.24. The highest BCUT2D eigenvalue weighted by atomic mass is 79.9. The van der Waals surface area contributed by atoms with Crippen LogP contribution >= 0.6 is 27.3 Å². The summed E-state index contributed by atoms with van der Waals surface area (Å²) >= 11 is 5.21. The minimum absolute atomic E-state index is 0.439. The Hall–Kier alpha value is -0.870. The van der Waals surface area contributed by atoms with Crippen molar-refractivity contribution in [2.24, 2.45) is 0 Å². The van der Waals surface area contributed by atoms with Crippen molar-refractivity contribution < 1.29 is 4.74 Å². The molecule has 2 aromatic rings. The van der Waals surface area contributed by atoms with E-state index in [1.807, 2.05) is 12.1 Å². The van der Waals surface area contributed by atoms with E-state index in [-0.39, 0.29) is 0 Å². The van der Waals surface area contributed by atoms with Crippen molar-refractivity contribution >= 4 is 27.3 Å². The molecule has 4 heteroatoms. The number of aryl methyl sites for hydroxylation is 1. The monoisotopic (exact) mass is 339 g/mol. The van der Waals surface area contributed by atoms with Gasteiger partial charge in [-0.1, -0.05) is 36.7 Å². The fourth-order valence-corrected chi connectivity index (χ4v) is 2.94. The van der Waals surface area contributed by atoms with Gasteiger partial charge in [0.1, 0.15) is 12.4 Å². The first-order chi connectivity index (χ1) is 9.10. The maximum absolute atomic E-state index is 5.92. The summed E-state index contributed by atoms with van der Waals surface area (Å²) in [7, 11) is 0. The molecule has 1 heterocycles. The molecular weight excluding hydrogens is 322 g/mol. The molecule has 2 nitrogen and oxygen atoms in total. The predicted octanol–water partition coefficient (Wildman–Crippen LogP) is 5.17. The van der Waals surface area contributed by atoms with Crippen LogP contribution in [-0.2, 0) is 13.0 Å². The Kier molecular flexibility index (Phi) is 4.99. The number of thiazole rings is 1. The highest BCUT2D eigenvalue weighted by Gasteiger charge is 2.09. The van der Waals surface area contributed by atoms with Crippen molar-refractivity contribution in [1.29, 1.82) is 0 Å². The maximum Gasteiger partial charge on any atom is 0.131 e. The second-order valence-corrected chi connectivity index (χ2v) is 6.57. The third-order valence-corrected chi connectivity index (χ3v) is 4.41. The minimum atomic E-state index is 0.439. The van der Waals surface area contributed by atoms with Gasteiger partial charge >= 0.3 is 0 Å². The summed E-state index contributed by atoms with van der Waals surface area (Å²) < 4.78 is 7.01. The van der Waals surface area contributed by atoms with E-state index < -0.39 is 0 Å². The zero-order chi connectivity index (χ0) is 13.8. The number of halogens is 1. The molecule has 0 fully saturated rings. The molecule has 0 aliphatic carbocycles. The molecule has 0 N–H and O–H groups in total. The summed E-state index contributed by atoms with van der Waals surface area (Å²) in [6.07, 6.45) is 0.986. The Morgan fingerprint density at radius 2 is 2.16 bits per heavy atom. The van der Waals surface area contributed by atoms with Crippen LogP contribution in [0.15, 0.2) is 28.1 Å². The normalized spacial score (nSPS) is 11.0. The van der Waals surface area contributed by atoms with Gasteiger partial charge in [0.2, 0.25) is 0 Å². The van der Waals surface area contributed by atoms with Gasteiger partial charge in [0.05, 0.1) is 10.7 Å². The van der Waals surface area contributed by atoms with Crippen LogP contribution in [0.3, 0.4) is 0 Å². The lowest BCUT2D eigenvalue weighted by atomic mass is 10.0. The number of nitrogens with zero attached hydrogens (tertiary/aromatic N) is 1. The third kappa shape index (κ3) is 3.80. The van der Waals surface area contributed by atoms with Gasteiger partial charge in [0.25, 0.3) is 0 Å². The first kappa shape index (κ1) is 14.5. The fourth-order valence-electron chi connectivity index (χ4n) is 1.83. The molecule has 0 saturated carbocycles. The van der Waals surface area contributed by atoms with Crippen LogP contribution < -0.4 is 4.74 Å². The lowest BCUT2D eigenvalue weighted by molar-refractivity contribution is 0.297. The van der Waals surface area contributed by atoms with Crippen LogP contribution in [0.2, 0.25) is 0 Å². The number of rotatable bonds is 5. The Morgan fingerprint density at radius 3 is 2.79 bits per heavy atom. The third-order valence-electron chi connectivity index (χ3n) is 2.87. The van der Waals surface area contributed by atoms with Gasteiger partial charge in [0, 0.05) is 9.85 Å². The Morgan fingerprint density at radius 1 is 1.37 bits per heavy atom. The first-order valence-corrected chi connectivity index (χ1v) is 8.13. The summed E-state index contributed by atoms with van der Waals surface area (Å²) in [5.41, 5.74) is 2.24. The second-order valence-electron chi connectivity index (χ2n) is 4.71. The summed E-state index contributed by atoms with van der Waals surface area (Å²) in [6.45, 7) is 7.01. The highest BCUT2D eigenvalue weighted by molar-refractivity contribution is 9.10. The van der Waals surface area contributed by atoms with Crippen LogP contribution in [0.4, 0.5) is 0 Å². The number of hydrogen-bond acceptors (Lipinski definition) is 3. The largest absolute Gasteiger partial charge is 0.487 e. The topological polar surface area (TPSA) is 22.1 Å².